The van der Waals surface area contributed by atoms with Gasteiger partial charge in [0.05, 0.1) is 12.1 Å². The fourth-order valence-corrected chi connectivity index (χ4v) is 4.20. The molecular formula is C16H28N2O2. The summed E-state index contributed by atoms with van der Waals surface area (Å²) in [6.45, 7) is 0.822. The molecule has 1 amide bonds. The molecule has 3 aliphatic rings. The third-order valence-electron chi connectivity index (χ3n) is 5.45. The molecule has 3 rings (SSSR count). The molecule has 1 heterocycles. The van der Waals surface area contributed by atoms with Crippen molar-refractivity contribution in [3.8, 4) is 0 Å². The highest BCUT2D eigenvalue weighted by Crippen LogP contribution is 2.37. The molecule has 114 valence electrons. The Morgan fingerprint density at radius 3 is 2.60 bits per heavy atom. The highest BCUT2D eigenvalue weighted by Gasteiger charge is 2.51. The van der Waals surface area contributed by atoms with Gasteiger partial charge >= 0.3 is 0 Å². The molecule has 2 saturated carbocycles. The number of hydrogen-bond donors (Lipinski definition) is 2. The number of rotatable bonds is 3. The first-order chi connectivity index (χ1) is 9.75. The van der Waals surface area contributed by atoms with Crippen LogP contribution in [-0.2, 0) is 9.53 Å². The van der Waals surface area contributed by atoms with Crippen LogP contribution in [0.1, 0.15) is 57.8 Å². The Kier molecular flexibility index (Phi) is 4.61. The Morgan fingerprint density at radius 2 is 1.85 bits per heavy atom. The fraction of sp³-hybridized carbons (Fsp3) is 0.938. The Labute approximate surface area is 121 Å². The van der Waals surface area contributed by atoms with Gasteiger partial charge in [0.1, 0.15) is 0 Å². The minimum absolute atomic E-state index is 0.0542. The summed E-state index contributed by atoms with van der Waals surface area (Å²) >= 11 is 0. The number of ether oxygens (including phenoxy) is 1. The summed E-state index contributed by atoms with van der Waals surface area (Å²) in [4.78, 5) is 12.2. The van der Waals surface area contributed by atoms with Gasteiger partial charge in [0.2, 0.25) is 5.91 Å². The van der Waals surface area contributed by atoms with Crippen molar-refractivity contribution < 1.29 is 9.53 Å². The van der Waals surface area contributed by atoms with Crippen molar-refractivity contribution in [3.05, 3.63) is 0 Å². The van der Waals surface area contributed by atoms with E-state index < -0.39 is 0 Å². The maximum absolute atomic E-state index is 12.2. The molecule has 4 heteroatoms. The van der Waals surface area contributed by atoms with Gasteiger partial charge in [-0.15, -0.1) is 0 Å². The Balaban J connectivity index is 1.46. The Bertz CT molecular complexity index is 339. The monoisotopic (exact) mass is 280 g/mol. The number of nitrogens with one attached hydrogen (secondary N) is 1. The first kappa shape index (κ1) is 14.3. The smallest absolute Gasteiger partial charge is 0.220 e. The second kappa shape index (κ2) is 6.44. The molecule has 20 heavy (non-hydrogen) atoms. The van der Waals surface area contributed by atoms with Crippen LogP contribution in [0.4, 0.5) is 0 Å². The van der Waals surface area contributed by atoms with Gasteiger partial charge in [-0.1, -0.05) is 25.7 Å². The topological polar surface area (TPSA) is 64.3 Å². The normalized spacial score (nSPS) is 38.5. The largest absolute Gasteiger partial charge is 0.376 e. The van der Waals surface area contributed by atoms with Crippen LogP contribution in [0.15, 0.2) is 0 Å². The zero-order valence-corrected chi connectivity index (χ0v) is 12.4. The first-order valence-corrected chi connectivity index (χ1v) is 8.42. The summed E-state index contributed by atoms with van der Waals surface area (Å²) in [5, 5.41) is 3.14. The second-order valence-corrected chi connectivity index (χ2v) is 6.87. The van der Waals surface area contributed by atoms with Crippen molar-refractivity contribution in [2.45, 2.75) is 76.0 Å². The molecule has 4 atom stereocenters. The van der Waals surface area contributed by atoms with Gasteiger partial charge in [-0.2, -0.15) is 0 Å². The zero-order valence-electron chi connectivity index (χ0n) is 12.4. The van der Waals surface area contributed by atoms with E-state index in [9.17, 15) is 4.79 Å². The van der Waals surface area contributed by atoms with Gasteiger partial charge in [0.25, 0.3) is 0 Å². The van der Waals surface area contributed by atoms with Crippen LogP contribution in [0.5, 0.6) is 0 Å². The number of carbonyl (C=O) groups is 1. The average molecular weight is 280 g/mol. The predicted octanol–water partition coefficient (Wildman–Crippen LogP) is 1.97. The SMILES string of the molecule is NC1C2CCCOC2C1NC(=O)CC1CCCCCC1. The van der Waals surface area contributed by atoms with E-state index in [4.69, 9.17) is 10.5 Å². The van der Waals surface area contributed by atoms with Gasteiger partial charge in [0.15, 0.2) is 0 Å². The number of amides is 1. The molecular weight excluding hydrogens is 252 g/mol. The molecule has 3 fully saturated rings. The van der Waals surface area contributed by atoms with Crippen molar-refractivity contribution in [2.24, 2.45) is 17.6 Å². The van der Waals surface area contributed by atoms with Crippen molar-refractivity contribution in [1.82, 2.24) is 5.32 Å². The fourth-order valence-electron chi connectivity index (χ4n) is 4.20. The van der Waals surface area contributed by atoms with Crippen LogP contribution < -0.4 is 11.1 Å². The van der Waals surface area contributed by atoms with E-state index in [0.29, 0.717) is 18.3 Å². The van der Waals surface area contributed by atoms with E-state index in [1.54, 1.807) is 0 Å². The van der Waals surface area contributed by atoms with Crippen molar-refractivity contribution >= 4 is 5.91 Å². The summed E-state index contributed by atoms with van der Waals surface area (Å²) in [6, 6.07) is 0.150. The second-order valence-electron chi connectivity index (χ2n) is 6.87. The lowest BCUT2D eigenvalue weighted by Gasteiger charge is -2.52. The van der Waals surface area contributed by atoms with Crippen LogP contribution in [0, 0.1) is 11.8 Å². The molecule has 3 N–H and O–H groups in total. The number of fused-ring (bicyclic) bond motifs is 1. The van der Waals surface area contributed by atoms with E-state index >= 15 is 0 Å². The number of nitrogens with two attached hydrogens (primary N) is 1. The maximum Gasteiger partial charge on any atom is 0.220 e. The quantitative estimate of drug-likeness (QED) is 0.777. The van der Waals surface area contributed by atoms with Gasteiger partial charge in [-0.3, -0.25) is 4.79 Å². The molecule has 2 aliphatic carbocycles. The van der Waals surface area contributed by atoms with Gasteiger partial charge in [-0.25, -0.2) is 0 Å². The van der Waals surface area contributed by atoms with Crippen LogP contribution in [0.3, 0.4) is 0 Å². The highest BCUT2D eigenvalue weighted by molar-refractivity contribution is 5.76. The minimum Gasteiger partial charge on any atom is -0.376 e. The van der Waals surface area contributed by atoms with E-state index in [2.05, 4.69) is 5.32 Å². The molecule has 0 aromatic rings. The van der Waals surface area contributed by atoms with E-state index in [1.807, 2.05) is 0 Å². The van der Waals surface area contributed by atoms with Gasteiger partial charge in [0, 0.05) is 25.0 Å². The van der Waals surface area contributed by atoms with Crippen LogP contribution in [-0.4, -0.2) is 30.7 Å². The molecule has 4 nitrogen and oxygen atoms in total. The standard InChI is InChI=1S/C16H28N2O2/c17-14-12-8-5-9-20-16(12)15(14)18-13(19)10-11-6-3-1-2-4-7-11/h11-12,14-16H,1-10,17H2,(H,18,19). The van der Waals surface area contributed by atoms with E-state index in [0.717, 1.165) is 19.4 Å². The van der Waals surface area contributed by atoms with Crippen LogP contribution in [0.2, 0.25) is 0 Å². The summed E-state index contributed by atoms with van der Waals surface area (Å²) < 4.78 is 5.78. The minimum atomic E-state index is 0.0542. The van der Waals surface area contributed by atoms with Crippen LogP contribution in [0.25, 0.3) is 0 Å². The number of hydrogen-bond acceptors (Lipinski definition) is 3. The molecule has 0 aromatic heterocycles. The van der Waals surface area contributed by atoms with Crippen molar-refractivity contribution in [2.75, 3.05) is 6.61 Å². The average Bonchev–Trinajstić information content (AvgIpc) is 2.73. The lowest BCUT2D eigenvalue weighted by Crippen LogP contribution is -2.72. The van der Waals surface area contributed by atoms with E-state index in [-0.39, 0.29) is 24.1 Å². The summed E-state index contributed by atoms with van der Waals surface area (Å²) in [5.74, 6) is 1.23. The molecule has 1 aliphatic heterocycles. The molecule has 0 bridgehead atoms. The van der Waals surface area contributed by atoms with E-state index in [1.165, 1.54) is 38.5 Å². The summed E-state index contributed by atoms with van der Waals surface area (Å²) in [5.41, 5.74) is 6.19. The third kappa shape index (κ3) is 3.01. The lowest BCUT2D eigenvalue weighted by atomic mass is 9.68. The van der Waals surface area contributed by atoms with Crippen LogP contribution >= 0.6 is 0 Å². The highest BCUT2D eigenvalue weighted by atomic mass is 16.5. The first-order valence-electron chi connectivity index (χ1n) is 8.42. The molecule has 0 spiro atoms. The molecule has 0 aromatic carbocycles. The molecule has 1 saturated heterocycles. The Hall–Kier alpha value is -0.610. The van der Waals surface area contributed by atoms with Crippen molar-refractivity contribution in [1.29, 1.82) is 0 Å². The lowest BCUT2D eigenvalue weighted by molar-refractivity contribution is -0.140. The summed E-state index contributed by atoms with van der Waals surface area (Å²) in [7, 11) is 0. The maximum atomic E-state index is 12.2. The van der Waals surface area contributed by atoms with Gasteiger partial charge in [-0.05, 0) is 31.6 Å². The number of carbonyl (C=O) groups excluding carboxylic acids is 1. The molecule has 4 unspecified atom stereocenters. The molecule has 0 radical (unpaired) electrons. The Morgan fingerprint density at radius 1 is 1.10 bits per heavy atom. The third-order valence-corrected chi connectivity index (χ3v) is 5.45. The van der Waals surface area contributed by atoms with Crippen molar-refractivity contribution in [3.63, 3.8) is 0 Å². The predicted molar refractivity (Wildman–Crippen MR) is 78.2 cm³/mol. The summed E-state index contributed by atoms with van der Waals surface area (Å²) in [6.07, 6.45) is 10.8. The van der Waals surface area contributed by atoms with Gasteiger partial charge < -0.3 is 15.8 Å². The zero-order chi connectivity index (χ0) is 13.9.